The van der Waals surface area contributed by atoms with Crippen LogP contribution in [0.2, 0.25) is 0 Å². The average molecular weight is 1480 g/mol. The highest BCUT2D eigenvalue weighted by atomic mass is 31.2. The smallest absolute Gasteiger partial charge is 0.463 e. The molecule has 0 aliphatic heterocycles. The Balaban J connectivity index is 4.48. The summed E-state index contributed by atoms with van der Waals surface area (Å²) in [6.07, 6.45) is 94.9. The summed E-state index contributed by atoms with van der Waals surface area (Å²) < 4.78 is 61.1. The quantitative estimate of drug-likeness (QED) is 0.0146. The van der Waals surface area contributed by atoms with Crippen LogP contribution in [0.5, 0.6) is 0 Å². The molecule has 0 rings (SSSR count). The van der Waals surface area contributed by atoms with E-state index < -0.39 is 91.5 Å². The summed E-state index contributed by atoms with van der Waals surface area (Å²) in [5.74, 6) is -1.66. The lowest BCUT2D eigenvalue weighted by molar-refractivity contribution is -0.161. The third-order valence-corrected chi connectivity index (χ3v) is 18.4. The zero-order valence-corrected chi connectivity index (χ0v) is 66.2. The molecule has 5 unspecified atom stereocenters. The Bertz CT molecular complexity index is 2450. The second-order valence-corrected chi connectivity index (χ2v) is 29.4. The van der Waals surface area contributed by atoms with Gasteiger partial charge in [0.25, 0.3) is 0 Å². The first-order chi connectivity index (χ1) is 50.2. The van der Waals surface area contributed by atoms with Gasteiger partial charge in [-0.2, -0.15) is 0 Å². The number of carbonyl (C=O) groups is 3. The summed E-state index contributed by atoms with van der Waals surface area (Å²) >= 11 is 0. The van der Waals surface area contributed by atoms with Crippen LogP contribution in [-0.2, 0) is 55.8 Å². The van der Waals surface area contributed by atoms with E-state index in [2.05, 4.69) is 154 Å². The van der Waals surface area contributed by atoms with E-state index in [0.29, 0.717) is 25.7 Å². The molecule has 0 aromatic rings. The highest BCUT2D eigenvalue weighted by Gasteiger charge is 2.29. The molecule has 5 atom stereocenters. The summed E-state index contributed by atoms with van der Waals surface area (Å²) in [5.41, 5.74) is 0. The lowest BCUT2D eigenvalue weighted by Crippen LogP contribution is -2.30. The third-order valence-electron chi connectivity index (χ3n) is 16.5. The highest BCUT2D eigenvalue weighted by molar-refractivity contribution is 7.47. The number of ether oxygens (including phenoxy) is 3. The summed E-state index contributed by atoms with van der Waals surface area (Å²) in [6, 6.07) is 0. The number of phosphoric acid groups is 2. The van der Waals surface area contributed by atoms with Gasteiger partial charge in [-0.25, -0.2) is 9.13 Å². The molecule has 0 aromatic carbocycles. The fraction of sp³-hybridized carbons (Fsp3) is 0.682. The minimum Gasteiger partial charge on any atom is -0.463 e. The van der Waals surface area contributed by atoms with E-state index in [4.69, 9.17) is 32.3 Å². The van der Waals surface area contributed by atoms with Gasteiger partial charge >= 0.3 is 33.6 Å². The molecule has 590 valence electrons. The largest absolute Gasteiger partial charge is 0.472 e. The van der Waals surface area contributed by atoms with E-state index in [1.54, 1.807) is 0 Å². The average Bonchev–Trinajstić information content (AvgIpc) is 0.918. The maximum absolute atomic E-state index is 13.0. The SMILES string of the molecule is CC/C=C\C/C=C\C/C=C\C/C=C\C/C=C\CCCC(=O)OCC(COP(=O)(O)OCC(O)COP(=O)(O)OCC(O)COC(=O)CCCCCCCCCCCCCCCCCCC/C=C\C/C=C\C/C=C\C/C=C\CCCCC)OC(=O)CCCCCCCCC/C=C\C/C=C\C/C=C\CC. The van der Waals surface area contributed by atoms with Crippen molar-refractivity contribution in [3.8, 4) is 0 Å². The maximum Gasteiger partial charge on any atom is 0.472 e. The van der Waals surface area contributed by atoms with Crippen molar-refractivity contribution in [3.63, 3.8) is 0 Å². The van der Waals surface area contributed by atoms with E-state index in [0.717, 1.165) is 135 Å². The number of allylic oxidation sites excluding steroid dienone is 24. The predicted octanol–water partition coefficient (Wildman–Crippen LogP) is 23.7. The first-order valence-corrected chi connectivity index (χ1v) is 43.1. The minimum absolute atomic E-state index is 0.0772. The molecule has 0 heterocycles. The second-order valence-electron chi connectivity index (χ2n) is 26.5. The van der Waals surface area contributed by atoms with Crippen LogP contribution < -0.4 is 0 Å². The van der Waals surface area contributed by atoms with Gasteiger partial charge in [0, 0.05) is 19.3 Å². The van der Waals surface area contributed by atoms with E-state index >= 15 is 0 Å². The molecule has 0 saturated carbocycles. The molecule has 0 saturated heterocycles. The molecule has 0 fully saturated rings. The lowest BCUT2D eigenvalue weighted by atomic mass is 10.0. The Labute approximate surface area is 626 Å². The molecule has 18 heteroatoms. The van der Waals surface area contributed by atoms with Gasteiger partial charge in [0.15, 0.2) is 6.10 Å². The molecule has 4 N–H and O–H groups in total. The van der Waals surface area contributed by atoms with Crippen molar-refractivity contribution in [3.05, 3.63) is 146 Å². The van der Waals surface area contributed by atoms with E-state index in [1.165, 1.54) is 116 Å². The Morgan fingerprint density at radius 1 is 0.282 bits per heavy atom. The van der Waals surface area contributed by atoms with Crippen molar-refractivity contribution < 1.29 is 75.8 Å². The molecule has 0 bridgehead atoms. The van der Waals surface area contributed by atoms with E-state index in [-0.39, 0.29) is 19.3 Å². The van der Waals surface area contributed by atoms with Gasteiger partial charge in [-0.3, -0.25) is 32.5 Å². The number of esters is 3. The number of carbonyl (C=O) groups excluding carboxylic acids is 3. The Morgan fingerprint density at radius 2 is 0.524 bits per heavy atom. The molecular weight excluding hydrogens is 1340 g/mol. The van der Waals surface area contributed by atoms with Gasteiger partial charge in [0.2, 0.25) is 0 Å². The number of phosphoric ester groups is 2. The molecule has 0 aromatic heterocycles. The fourth-order valence-electron chi connectivity index (χ4n) is 10.5. The van der Waals surface area contributed by atoms with Crippen LogP contribution in [0, 0.1) is 0 Å². The Hall–Kier alpha value is -4.57. The van der Waals surface area contributed by atoms with Crippen molar-refractivity contribution in [1.82, 2.24) is 0 Å². The molecule has 0 amide bonds. The third kappa shape index (κ3) is 78.3. The van der Waals surface area contributed by atoms with Crippen LogP contribution >= 0.6 is 15.6 Å². The Kier molecular flexibility index (Phi) is 73.6. The van der Waals surface area contributed by atoms with Crippen LogP contribution in [0.15, 0.2) is 146 Å². The zero-order chi connectivity index (χ0) is 75.2. The molecule has 0 spiro atoms. The lowest BCUT2D eigenvalue weighted by Gasteiger charge is -2.21. The number of aliphatic hydroxyl groups excluding tert-OH is 2. The zero-order valence-electron chi connectivity index (χ0n) is 64.4. The van der Waals surface area contributed by atoms with Crippen LogP contribution in [0.4, 0.5) is 0 Å². The molecular formula is C85H144O16P2. The van der Waals surface area contributed by atoms with Crippen LogP contribution in [0.1, 0.15) is 316 Å². The molecule has 0 radical (unpaired) electrons. The summed E-state index contributed by atoms with van der Waals surface area (Å²) in [7, 11) is -9.81. The first-order valence-electron chi connectivity index (χ1n) is 40.1. The standard InChI is InChI=1S/C85H144O16P2/c1-4-7-10-13-16-19-22-25-28-31-32-33-34-35-36-37-38-39-40-41-42-43-44-45-46-49-51-53-56-59-62-65-68-71-83(88)95-74-80(86)75-97-102(91,92)98-76-81(87)77-99-103(93,94)100-79-82(101-85(90)73-70-67-64-61-58-55-52-48-30-27-24-21-18-15-12-9-6-3)78-96-84(89)72-69-66-63-60-57-54-50-47-29-26-23-20-17-14-11-8-5-2/h8-9,11-12,16-21,25-30,32-33,35-36,50,54,60,63,80-82,86-87H,4-7,10,13-15,22-24,31,34,37-49,51-53,55-59,61-62,64-79H2,1-3H3,(H,91,92)(H,93,94)/b11-8-,12-9-,19-16-,20-17-,21-18-,28-25-,29-26-,30-27-,33-32-,36-35-,54-50-,63-60-. The predicted molar refractivity (Wildman–Crippen MR) is 426 cm³/mol. The maximum atomic E-state index is 13.0. The number of hydrogen-bond acceptors (Lipinski definition) is 14. The van der Waals surface area contributed by atoms with Gasteiger partial charge in [-0.15, -0.1) is 0 Å². The van der Waals surface area contributed by atoms with Gasteiger partial charge < -0.3 is 34.2 Å². The highest BCUT2D eigenvalue weighted by Crippen LogP contribution is 2.45. The van der Waals surface area contributed by atoms with Crippen molar-refractivity contribution >= 4 is 33.6 Å². The van der Waals surface area contributed by atoms with Crippen LogP contribution in [0.25, 0.3) is 0 Å². The normalized spacial score (nSPS) is 14.7. The number of aliphatic hydroxyl groups is 2. The fourth-order valence-corrected chi connectivity index (χ4v) is 12.1. The van der Waals surface area contributed by atoms with E-state index in [1.807, 2.05) is 12.2 Å². The first kappa shape index (κ1) is 98.4. The van der Waals surface area contributed by atoms with Crippen molar-refractivity contribution in [2.24, 2.45) is 0 Å². The number of unbranched alkanes of at least 4 members (excludes halogenated alkanes) is 28. The van der Waals surface area contributed by atoms with E-state index in [9.17, 15) is 43.5 Å². The molecule has 16 nitrogen and oxygen atoms in total. The topological polar surface area (TPSA) is 231 Å². The van der Waals surface area contributed by atoms with Crippen LogP contribution in [-0.4, -0.2) is 95.9 Å². The van der Waals surface area contributed by atoms with Gasteiger partial charge in [-0.05, 0) is 135 Å². The Morgan fingerprint density at radius 3 is 0.854 bits per heavy atom. The monoisotopic (exact) mass is 1480 g/mol. The van der Waals surface area contributed by atoms with Crippen LogP contribution in [0.3, 0.4) is 0 Å². The van der Waals surface area contributed by atoms with Crippen molar-refractivity contribution in [2.75, 3.05) is 39.6 Å². The van der Waals surface area contributed by atoms with Gasteiger partial charge in [0.1, 0.15) is 25.4 Å². The van der Waals surface area contributed by atoms with Crippen molar-refractivity contribution in [2.45, 2.75) is 334 Å². The van der Waals surface area contributed by atoms with Gasteiger partial charge in [0.05, 0.1) is 26.4 Å². The van der Waals surface area contributed by atoms with Crippen molar-refractivity contribution in [1.29, 1.82) is 0 Å². The summed E-state index contributed by atoms with van der Waals surface area (Å²) in [6.45, 7) is 2.35. The summed E-state index contributed by atoms with van der Waals surface area (Å²) in [5, 5.41) is 20.6. The minimum atomic E-state index is -4.95. The van der Waals surface area contributed by atoms with Gasteiger partial charge in [-0.1, -0.05) is 308 Å². The second kappa shape index (κ2) is 77.1. The number of hydrogen-bond donors (Lipinski definition) is 4. The molecule has 103 heavy (non-hydrogen) atoms. The summed E-state index contributed by atoms with van der Waals surface area (Å²) in [4.78, 5) is 58.6. The number of rotatable bonds is 75. The molecule has 0 aliphatic carbocycles. The molecule has 0 aliphatic rings.